The molecule has 1 atom stereocenters. The molecule has 1 heterocycles. The number of nitrogens with one attached hydrogen (secondary N) is 1. The van der Waals surface area contributed by atoms with Crippen LogP contribution in [0, 0.1) is 0 Å². The second-order valence-electron chi connectivity index (χ2n) is 2.93. The first-order valence-electron chi connectivity index (χ1n) is 3.85. The molecule has 1 saturated heterocycles. The highest BCUT2D eigenvalue weighted by atomic mass is 35.5. The molecule has 1 rings (SSSR count). The van der Waals surface area contributed by atoms with Gasteiger partial charge >= 0.3 is 0 Å². The molecule has 1 unspecified atom stereocenters. The normalized spacial score (nSPS) is 24.0. The third kappa shape index (κ3) is 5.17. The average Bonchev–Trinajstić information content (AvgIpc) is 1.88. The Labute approximate surface area is 86.3 Å². The van der Waals surface area contributed by atoms with Crippen LogP contribution in [-0.2, 0) is 0 Å². The van der Waals surface area contributed by atoms with E-state index in [9.17, 15) is 0 Å². The van der Waals surface area contributed by atoms with Crippen LogP contribution < -0.4 is 5.32 Å². The van der Waals surface area contributed by atoms with Crippen LogP contribution in [0.25, 0.3) is 0 Å². The van der Waals surface area contributed by atoms with E-state index in [1.165, 1.54) is 0 Å². The van der Waals surface area contributed by atoms with Crippen LogP contribution in [0.4, 0.5) is 0 Å². The zero-order valence-corrected chi connectivity index (χ0v) is 8.96. The molecule has 0 amide bonds. The van der Waals surface area contributed by atoms with E-state index in [1.54, 1.807) is 0 Å². The van der Waals surface area contributed by atoms with Gasteiger partial charge in [0.1, 0.15) is 0 Å². The second kappa shape index (κ2) is 8.08. The zero-order valence-electron chi connectivity index (χ0n) is 7.32. The number of hydrogen-bond acceptors (Lipinski definition) is 3. The molecule has 0 spiro atoms. The minimum atomic E-state index is 0. The van der Waals surface area contributed by atoms with Gasteiger partial charge in [0.25, 0.3) is 0 Å². The summed E-state index contributed by atoms with van der Waals surface area (Å²) in [4.78, 5) is 2.29. The smallest absolute Gasteiger partial charge is 0.0446 e. The topological polar surface area (TPSA) is 35.5 Å². The largest absolute Gasteiger partial charge is 0.396 e. The lowest BCUT2D eigenvalue weighted by atomic mass is 10.1. The fraction of sp³-hybridized carbons (Fsp3) is 1.00. The number of nitrogens with zero attached hydrogens (tertiary/aromatic N) is 1. The van der Waals surface area contributed by atoms with E-state index in [0.717, 1.165) is 26.1 Å². The maximum atomic E-state index is 8.65. The van der Waals surface area contributed by atoms with Gasteiger partial charge in [-0.2, -0.15) is 0 Å². The average molecular weight is 217 g/mol. The van der Waals surface area contributed by atoms with Crippen molar-refractivity contribution in [3.05, 3.63) is 0 Å². The summed E-state index contributed by atoms with van der Waals surface area (Å²) < 4.78 is 0. The number of hydrogen-bond donors (Lipinski definition) is 2. The van der Waals surface area contributed by atoms with Crippen LogP contribution in [-0.4, -0.2) is 49.3 Å². The van der Waals surface area contributed by atoms with Gasteiger partial charge in [0.2, 0.25) is 0 Å². The van der Waals surface area contributed by atoms with Crippen molar-refractivity contribution in [3.63, 3.8) is 0 Å². The van der Waals surface area contributed by atoms with Crippen molar-refractivity contribution in [1.82, 2.24) is 10.2 Å². The number of aliphatic hydroxyl groups excluding tert-OH is 1. The quantitative estimate of drug-likeness (QED) is 0.689. The number of rotatable bonds is 2. The summed E-state index contributed by atoms with van der Waals surface area (Å²) in [6.45, 7) is 3.55. The Morgan fingerprint density at radius 1 is 1.50 bits per heavy atom. The predicted octanol–water partition coefficient (Wildman–Crippen LogP) is 0.116. The minimum absolute atomic E-state index is 0. The monoisotopic (exact) mass is 216 g/mol. The first-order valence-corrected chi connectivity index (χ1v) is 3.85. The number of halogens is 2. The molecule has 1 aliphatic rings. The van der Waals surface area contributed by atoms with Crippen molar-refractivity contribution in [2.24, 2.45) is 0 Å². The van der Waals surface area contributed by atoms with Crippen molar-refractivity contribution >= 4 is 24.8 Å². The Bertz CT molecular complexity index is 103. The van der Waals surface area contributed by atoms with Crippen molar-refractivity contribution in [1.29, 1.82) is 0 Å². The summed E-state index contributed by atoms with van der Waals surface area (Å²) in [6.07, 6.45) is 0.879. The molecule has 2 N–H and O–H groups in total. The van der Waals surface area contributed by atoms with E-state index in [1.807, 2.05) is 0 Å². The first kappa shape index (κ1) is 15.0. The molecule has 0 aromatic carbocycles. The highest BCUT2D eigenvalue weighted by Gasteiger charge is 2.14. The van der Waals surface area contributed by atoms with E-state index in [4.69, 9.17) is 5.11 Å². The van der Waals surface area contributed by atoms with E-state index in [-0.39, 0.29) is 24.8 Å². The van der Waals surface area contributed by atoms with Crippen molar-refractivity contribution in [2.45, 2.75) is 12.5 Å². The zero-order chi connectivity index (χ0) is 7.40. The van der Waals surface area contributed by atoms with Gasteiger partial charge in [-0.1, -0.05) is 0 Å². The van der Waals surface area contributed by atoms with Crippen LogP contribution in [0.2, 0.25) is 0 Å². The van der Waals surface area contributed by atoms with E-state index < -0.39 is 0 Å². The van der Waals surface area contributed by atoms with E-state index in [0.29, 0.717) is 12.6 Å². The lowest BCUT2D eigenvalue weighted by Gasteiger charge is -2.30. The SMILES string of the molecule is CN1CCNC(CCO)C1.Cl.Cl. The van der Waals surface area contributed by atoms with Crippen molar-refractivity contribution in [2.75, 3.05) is 33.3 Å². The molecule has 1 fully saturated rings. The predicted molar refractivity (Wildman–Crippen MR) is 55.5 cm³/mol. The molecule has 0 saturated carbocycles. The summed E-state index contributed by atoms with van der Waals surface area (Å²) in [5.41, 5.74) is 0. The lowest BCUT2D eigenvalue weighted by molar-refractivity contribution is 0.198. The fourth-order valence-corrected chi connectivity index (χ4v) is 1.34. The molecule has 0 aromatic rings. The number of likely N-dealkylation sites (N-methyl/N-ethyl adjacent to an activating group) is 1. The van der Waals surface area contributed by atoms with Gasteiger partial charge in [-0.3, -0.25) is 0 Å². The van der Waals surface area contributed by atoms with Gasteiger partial charge in [0.05, 0.1) is 0 Å². The Balaban J connectivity index is 0. The Morgan fingerprint density at radius 2 is 2.17 bits per heavy atom. The number of piperazine rings is 1. The summed E-state index contributed by atoms with van der Waals surface area (Å²) in [7, 11) is 2.12. The van der Waals surface area contributed by atoms with Gasteiger partial charge in [-0.15, -0.1) is 24.8 Å². The lowest BCUT2D eigenvalue weighted by Crippen LogP contribution is -2.49. The Morgan fingerprint density at radius 3 is 2.67 bits per heavy atom. The molecule has 1 aliphatic heterocycles. The van der Waals surface area contributed by atoms with Crippen LogP contribution in [0.15, 0.2) is 0 Å². The molecular formula is C7H18Cl2N2O. The van der Waals surface area contributed by atoms with Crippen LogP contribution >= 0.6 is 24.8 Å². The third-order valence-corrected chi connectivity index (χ3v) is 1.94. The molecule has 0 aliphatic carbocycles. The fourth-order valence-electron chi connectivity index (χ4n) is 1.34. The third-order valence-electron chi connectivity index (χ3n) is 1.94. The maximum Gasteiger partial charge on any atom is 0.0446 e. The Hall–Kier alpha value is 0.460. The van der Waals surface area contributed by atoms with E-state index in [2.05, 4.69) is 17.3 Å². The molecule has 0 radical (unpaired) electrons. The molecule has 76 valence electrons. The highest BCUT2D eigenvalue weighted by Crippen LogP contribution is 1.98. The van der Waals surface area contributed by atoms with Gasteiger partial charge in [0, 0.05) is 32.3 Å². The summed E-state index contributed by atoms with van der Waals surface area (Å²) >= 11 is 0. The van der Waals surface area contributed by atoms with Crippen molar-refractivity contribution in [3.8, 4) is 0 Å². The second-order valence-corrected chi connectivity index (χ2v) is 2.93. The van der Waals surface area contributed by atoms with Crippen LogP contribution in [0.3, 0.4) is 0 Å². The van der Waals surface area contributed by atoms with E-state index >= 15 is 0 Å². The summed E-state index contributed by atoms with van der Waals surface area (Å²) in [6, 6.07) is 0.503. The molecule has 3 nitrogen and oxygen atoms in total. The highest BCUT2D eigenvalue weighted by molar-refractivity contribution is 5.85. The van der Waals surface area contributed by atoms with Gasteiger partial charge in [-0.05, 0) is 13.5 Å². The Kier molecular flexibility index (Phi) is 10.1. The maximum absolute atomic E-state index is 8.65. The van der Waals surface area contributed by atoms with Gasteiger partial charge in [0.15, 0.2) is 0 Å². The minimum Gasteiger partial charge on any atom is -0.396 e. The first-order chi connectivity index (χ1) is 4.83. The number of aliphatic hydroxyl groups is 1. The molecular weight excluding hydrogens is 199 g/mol. The molecule has 0 aromatic heterocycles. The van der Waals surface area contributed by atoms with Gasteiger partial charge < -0.3 is 15.3 Å². The van der Waals surface area contributed by atoms with Crippen molar-refractivity contribution < 1.29 is 5.11 Å². The summed E-state index contributed by atoms with van der Waals surface area (Å²) in [5.74, 6) is 0. The molecule has 5 heteroatoms. The molecule has 0 bridgehead atoms. The van der Waals surface area contributed by atoms with Gasteiger partial charge in [-0.25, -0.2) is 0 Å². The standard InChI is InChI=1S/C7H16N2O.2ClH/c1-9-4-3-8-7(6-9)2-5-10;;/h7-8,10H,2-6H2,1H3;2*1H. The van der Waals surface area contributed by atoms with Crippen LogP contribution in [0.5, 0.6) is 0 Å². The summed E-state index contributed by atoms with van der Waals surface area (Å²) in [5, 5.41) is 12.0. The van der Waals surface area contributed by atoms with Crippen LogP contribution in [0.1, 0.15) is 6.42 Å². The molecule has 12 heavy (non-hydrogen) atoms.